The van der Waals surface area contributed by atoms with Crippen molar-refractivity contribution in [2.24, 2.45) is 0 Å². The van der Waals surface area contributed by atoms with Crippen molar-refractivity contribution in [2.45, 2.75) is 64.0 Å². The number of aromatic nitrogens is 4. The molecule has 3 N–H and O–H groups in total. The molecule has 0 aromatic carbocycles. The molecule has 0 saturated heterocycles. The number of nitrogens with zero attached hydrogens (tertiary/aromatic N) is 4. The summed E-state index contributed by atoms with van der Waals surface area (Å²) in [5.41, 5.74) is 9.65. The molecule has 5 rings (SSSR count). The highest BCUT2D eigenvalue weighted by Crippen LogP contribution is 2.52. The molecule has 0 amide bonds. The molecular formula is C19H23N5O2. The molecule has 26 heavy (non-hydrogen) atoms. The summed E-state index contributed by atoms with van der Waals surface area (Å²) in [6, 6.07) is 0.205. The number of anilines is 1. The lowest BCUT2D eigenvalue weighted by atomic mass is 9.89. The molecule has 1 saturated carbocycles. The van der Waals surface area contributed by atoms with Crippen molar-refractivity contribution in [2.75, 3.05) is 5.73 Å². The Morgan fingerprint density at radius 1 is 1.35 bits per heavy atom. The molecule has 0 bridgehead atoms. The summed E-state index contributed by atoms with van der Waals surface area (Å²) >= 11 is 0. The molecule has 0 spiro atoms. The van der Waals surface area contributed by atoms with Crippen LogP contribution in [0.2, 0.25) is 0 Å². The lowest BCUT2D eigenvalue weighted by molar-refractivity contribution is 0.0470. The topological polar surface area (TPSA) is 103 Å². The van der Waals surface area contributed by atoms with E-state index < -0.39 is 5.60 Å². The predicted molar refractivity (Wildman–Crippen MR) is 97.7 cm³/mol. The molecule has 3 aromatic rings. The van der Waals surface area contributed by atoms with E-state index in [1.165, 1.54) is 6.33 Å². The van der Waals surface area contributed by atoms with Crippen LogP contribution in [0.3, 0.4) is 0 Å². The van der Waals surface area contributed by atoms with Gasteiger partial charge in [0.2, 0.25) is 0 Å². The van der Waals surface area contributed by atoms with E-state index in [2.05, 4.69) is 33.5 Å². The molecule has 7 heteroatoms. The first kappa shape index (κ1) is 15.8. The number of hydrogen-bond acceptors (Lipinski definition) is 6. The lowest BCUT2D eigenvalue weighted by Gasteiger charge is -2.22. The first-order valence-corrected chi connectivity index (χ1v) is 9.26. The quantitative estimate of drug-likeness (QED) is 0.733. The summed E-state index contributed by atoms with van der Waals surface area (Å²) in [6.07, 6.45) is 5.00. The SMILES string of the molecule is CC(C)n1c2c(c3c(N)ncnc31)-c1noc(C3CC3)c1C(C)(O)CC2. The molecule has 1 atom stereocenters. The predicted octanol–water partition coefficient (Wildman–Crippen LogP) is 3.28. The third-order valence-corrected chi connectivity index (χ3v) is 5.72. The van der Waals surface area contributed by atoms with Gasteiger partial charge >= 0.3 is 0 Å². The molecule has 2 aliphatic carbocycles. The van der Waals surface area contributed by atoms with Gasteiger partial charge in [-0.3, -0.25) is 0 Å². The number of rotatable bonds is 2. The molecule has 3 aromatic heterocycles. The van der Waals surface area contributed by atoms with Gasteiger partial charge in [0.05, 0.1) is 16.6 Å². The van der Waals surface area contributed by atoms with E-state index >= 15 is 0 Å². The van der Waals surface area contributed by atoms with Crippen molar-refractivity contribution in [1.29, 1.82) is 0 Å². The highest BCUT2D eigenvalue weighted by atomic mass is 16.5. The summed E-state index contributed by atoms with van der Waals surface area (Å²) < 4.78 is 7.94. The van der Waals surface area contributed by atoms with Gasteiger partial charge in [-0.25, -0.2) is 9.97 Å². The minimum atomic E-state index is -0.981. The van der Waals surface area contributed by atoms with E-state index in [1.54, 1.807) is 0 Å². The zero-order valence-corrected chi connectivity index (χ0v) is 15.3. The highest BCUT2D eigenvalue weighted by Gasteiger charge is 2.43. The summed E-state index contributed by atoms with van der Waals surface area (Å²) in [5.74, 6) is 1.64. The number of aliphatic hydroxyl groups is 1. The second-order valence-electron chi connectivity index (χ2n) is 8.06. The molecule has 2 aliphatic rings. The Labute approximate surface area is 151 Å². The maximum Gasteiger partial charge on any atom is 0.146 e. The fraction of sp³-hybridized carbons (Fsp3) is 0.526. The van der Waals surface area contributed by atoms with Crippen LogP contribution >= 0.6 is 0 Å². The molecule has 7 nitrogen and oxygen atoms in total. The van der Waals surface area contributed by atoms with Gasteiger partial charge in [0.25, 0.3) is 0 Å². The molecule has 0 aliphatic heterocycles. The van der Waals surface area contributed by atoms with Crippen LogP contribution in [-0.2, 0) is 12.0 Å². The second kappa shape index (κ2) is 5.07. The second-order valence-corrected chi connectivity index (χ2v) is 8.06. The van der Waals surface area contributed by atoms with Crippen molar-refractivity contribution < 1.29 is 9.63 Å². The minimum Gasteiger partial charge on any atom is -0.385 e. The van der Waals surface area contributed by atoms with Crippen LogP contribution in [0.1, 0.15) is 69.0 Å². The van der Waals surface area contributed by atoms with Gasteiger partial charge in [-0.15, -0.1) is 0 Å². The van der Waals surface area contributed by atoms with Gasteiger partial charge in [-0.05, 0) is 46.5 Å². The van der Waals surface area contributed by atoms with Crippen molar-refractivity contribution >= 4 is 16.9 Å². The van der Waals surface area contributed by atoms with Crippen LogP contribution in [0.15, 0.2) is 10.9 Å². The highest BCUT2D eigenvalue weighted by molar-refractivity contribution is 6.02. The Morgan fingerprint density at radius 2 is 2.12 bits per heavy atom. The molecule has 1 unspecified atom stereocenters. The van der Waals surface area contributed by atoms with Crippen molar-refractivity contribution in [3.8, 4) is 11.3 Å². The first-order valence-electron chi connectivity index (χ1n) is 9.26. The fourth-order valence-electron chi connectivity index (χ4n) is 4.37. The largest absolute Gasteiger partial charge is 0.385 e. The molecular weight excluding hydrogens is 330 g/mol. The van der Waals surface area contributed by atoms with E-state index in [1.807, 2.05) is 6.92 Å². The van der Waals surface area contributed by atoms with Crippen LogP contribution in [0, 0.1) is 0 Å². The average molecular weight is 353 g/mol. The average Bonchev–Trinajstić information content (AvgIpc) is 3.24. The van der Waals surface area contributed by atoms with E-state index in [9.17, 15) is 5.11 Å². The molecule has 0 radical (unpaired) electrons. The number of nitrogens with two attached hydrogens (primary N) is 1. The van der Waals surface area contributed by atoms with Crippen LogP contribution < -0.4 is 5.73 Å². The maximum absolute atomic E-state index is 11.2. The number of hydrogen-bond donors (Lipinski definition) is 2. The summed E-state index contributed by atoms with van der Waals surface area (Å²) in [6.45, 7) is 6.11. The van der Waals surface area contributed by atoms with Crippen molar-refractivity contribution in [3.05, 3.63) is 23.3 Å². The molecule has 3 heterocycles. The third-order valence-electron chi connectivity index (χ3n) is 5.72. The zero-order valence-electron chi connectivity index (χ0n) is 15.3. The first-order chi connectivity index (χ1) is 12.4. The minimum absolute atomic E-state index is 0.205. The van der Waals surface area contributed by atoms with Gasteiger partial charge in [-0.2, -0.15) is 0 Å². The van der Waals surface area contributed by atoms with Crippen LogP contribution in [0.25, 0.3) is 22.3 Å². The Hall–Kier alpha value is -2.41. The summed E-state index contributed by atoms with van der Waals surface area (Å²) in [7, 11) is 0. The van der Waals surface area contributed by atoms with E-state index in [4.69, 9.17) is 10.3 Å². The van der Waals surface area contributed by atoms with Crippen LogP contribution in [0.4, 0.5) is 5.82 Å². The third kappa shape index (κ3) is 2.00. The van der Waals surface area contributed by atoms with E-state index in [0.29, 0.717) is 23.9 Å². The number of nitrogen functional groups attached to an aromatic ring is 1. The summed E-state index contributed by atoms with van der Waals surface area (Å²) in [4.78, 5) is 8.73. The Kier molecular flexibility index (Phi) is 3.08. The molecule has 1 fully saturated rings. The van der Waals surface area contributed by atoms with Gasteiger partial charge in [0.15, 0.2) is 0 Å². The Balaban J connectivity index is 1.92. The van der Waals surface area contributed by atoms with Crippen molar-refractivity contribution in [3.63, 3.8) is 0 Å². The smallest absolute Gasteiger partial charge is 0.146 e. The lowest BCUT2D eigenvalue weighted by Crippen LogP contribution is -2.23. The zero-order chi connectivity index (χ0) is 18.2. The standard InChI is InChI=1S/C19H23N5O2/c1-9(2)24-11-6-7-19(3,25)14-15(23-26-16(14)10-4-5-10)12(11)13-17(20)21-8-22-18(13)24/h8-10,25H,4-7H2,1-3H3,(H2,20,21,22). The monoisotopic (exact) mass is 353 g/mol. The van der Waals surface area contributed by atoms with Gasteiger partial charge in [0, 0.05) is 23.2 Å². The maximum atomic E-state index is 11.2. The Bertz CT molecular complexity index is 1030. The number of fused-ring (bicyclic) bond motifs is 5. The van der Waals surface area contributed by atoms with Gasteiger partial charge in [-0.1, -0.05) is 5.16 Å². The van der Waals surface area contributed by atoms with Gasteiger partial charge < -0.3 is 19.9 Å². The Morgan fingerprint density at radius 3 is 2.81 bits per heavy atom. The van der Waals surface area contributed by atoms with E-state index in [0.717, 1.165) is 52.9 Å². The van der Waals surface area contributed by atoms with Crippen LogP contribution in [-0.4, -0.2) is 24.8 Å². The fourth-order valence-corrected chi connectivity index (χ4v) is 4.37. The van der Waals surface area contributed by atoms with Crippen LogP contribution in [0.5, 0.6) is 0 Å². The summed E-state index contributed by atoms with van der Waals surface area (Å²) in [5, 5.41) is 16.5. The van der Waals surface area contributed by atoms with E-state index in [-0.39, 0.29) is 6.04 Å². The molecule has 136 valence electrons. The van der Waals surface area contributed by atoms with Crippen molar-refractivity contribution in [1.82, 2.24) is 19.7 Å². The van der Waals surface area contributed by atoms with Gasteiger partial charge in [0.1, 0.15) is 29.2 Å². The normalized spacial score (nSPS) is 22.5.